The van der Waals surface area contributed by atoms with Crippen LogP contribution >= 0.6 is 0 Å². The third kappa shape index (κ3) is 5.94. The van der Waals surface area contributed by atoms with Crippen molar-refractivity contribution in [2.24, 2.45) is 0 Å². The SMILES string of the molecule is CCCCOc1ccc([C@H]2/C(=C(\O)c3ccc4c(c3)C[C@@H](C)O4)C(=O)C(=O)N2CCc2ccccc2)cc1OCC. The first-order valence-corrected chi connectivity index (χ1v) is 14.4. The molecule has 5 rings (SSSR count). The molecule has 0 saturated carbocycles. The molecule has 7 nitrogen and oxygen atoms in total. The lowest BCUT2D eigenvalue weighted by atomic mass is 9.94. The number of hydrogen-bond acceptors (Lipinski definition) is 6. The number of hydrogen-bond donors (Lipinski definition) is 1. The molecule has 1 N–H and O–H groups in total. The smallest absolute Gasteiger partial charge is 0.295 e. The summed E-state index contributed by atoms with van der Waals surface area (Å²) in [6.45, 7) is 7.28. The van der Waals surface area contributed by atoms with E-state index in [9.17, 15) is 14.7 Å². The second-order valence-electron chi connectivity index (χ2n) is 10.5. The van der Waals surface area contributed by atoms with Gasteiger partial charge in [-0.15, -0.1) is 0 Å². The molecule has 0 aromatic heterocycles. The van der Waals surface area contributed by atoms with Crippen molar-refractivity contribution < 1.29 is 28.9 Å². The Hall–Kier alpha value is -4.26. The predicted octanol–water partition coefficient (Wildman–Crippen LogP) is 6.25. The van der Waals surface area contributed by atoms with Gasteiger partial charge in [-0.3, -0.25) is 9.59 Å². The lowest BCUT2D eigenvalue weighted by Gasteiger charge is -2.26. The number of benzene rings is 3. The van der Waals surface area contributed by atoms with Gasteiger partial charge in [-0.05, 0) is 73.7 Å². The van der Waals surface area contributed by atoms with Gasteiger partial charge in [-0.1, -0.05) is 49.7 Å². The summed E-state index contributed by atoms with van der Waals surface area (Å²) in [7, 11) is 0. The Morgan fingerprint density at radius 2 is 1.80 bits per heavy atom. The van der Waals surface area contributed by atoms with Gasteiger partial charge in [0.1, 0.15) is 17.6 Å². The normalized spacial score (nSPS) is 19.2. The molecule has 2 atom stereocenters. The van der Waals surface area contributed by atoms with Gasteiger partial charge in [0.2, 0.25) is 0 Å². The third-order valence-corrected chi connectivity index (χ3v) is 7.53. The zero-order chi connectivity index (χ0) is 28.9. The quantitative estimate of drug-likeness (QED) is 0.130. The molecule has 0 spiro atoms. The lowest BCUT2D eigenvalue weighted by molar-refractivity contribution is -0.139. The van der Waals surface area contributed by atoms with Crippen molar-refractivity contribution >= 4 is 17.4 Å². The van der Waals surface area contributed by atoms with Gasteiger partial charge in [0.05, 0.1) is 24.8 Å². The number of carbonyl (C=O) groups excluding carboxylic acids is 2. The van der Waals surface area contributed by atoms with Gasteiger partial charge in [0, 0.05) is 18.5 Å². The van der Waals surface area contributed by atoms with E-state index in [1.807, 2.05) is 74.5 Å². The van der Waals surface area contributed by atoms with Crippen molar-refractivity contribution in [2.75, 3.05) is 19.8 Å². The van der Waals surface area contributed by atoms with Crippen LogP contribution in [0.4, 0.5) is 0 Å². The molecule has 7 heteroatoms. The molecule has 0 radical (unpaired) electrons. The fourth-order valence-electron chi connectivity index (χ4n) is 5.49. The number of aliphatic hydroxyl groups excluding tert-OH is 1. The van der Waals surface area contributed by atoms with Crippen LogP contribution in [0.15, 0.2) is 72.3 Å². The van der Waals surface area contributed by atoms with Crippen LogP contribution in [0.3, 0.4) is 0 Å². The van der Waals surface area contributed by atoms with Crippen molar-refractivity contribution in [2.45, 2.75) is 58.6 Å². The maximum absolute atomic E-state index is 13.6. The number of likely N-dealkylation sites (tertiary alicyclic amines) is 1. The Morgan fingerprint density at radius 3 is 2.56 bits per heavy atom. The van der Waals surface area contributed by atoms with E-state index in [1.54, 1.807) is 11.0 Å². The van der Waals surface area contributed by atoms with Crippen molar-refractivity contribution in [3.63, 3.8) is 0 Å². The van der Waals surface area contributed by atoms with Crippen LogP contribution in [0.2, 0.25) is 0 Å². The van der Waals surface area contributed by atoms with Crippen LogP contribution in [0.25, 0.3) is 5.76 Å². The van der Waals surface area contributed by atoms with E-state index in [4.69, 9.17) is 14.2 Å². The summed E-state index contributed by atoms with van der Waals surface area (Å²) in [5.74, 6) is 0.392. The minimum absolute atomic E-state index is 0.0426. The summed E-state index contributed by atoms with van der Waals surface area (Å²) in [5, 5.41) is 11.6. The first-order chi connectivity index (χ1) is 19.9. The first-order valence-electron chi connectivity index (χ1n) is 14.4. The highest BCUT2D eigenvalue weighted by molar-refractivity contribution is 6.46. The fourth-order valence-corrected chi connectivity index (χ4v) is 5.49. The Morgan fingerprint density at radius 1 is 1.00 bits per heavy atom. The molecule has 1 fully saturated rings. The molecule has 41 heavy (non-hydrogen) atoms. The maximum Gasteiger partial charge on any atom is 0.295 e. The number of ketones is 1. The van der Waals surface area contributed by atoms with E-state index in [2.05, 4.69) is 6.92 Å². The minimum Gasteiger partial charge on any atom is -0.507 e. The number of rotatable bonds is 11. The fraction of sp³-hybridized carbons (Fsp3) is 0.353. The van der Waals surface area contributed by atoms with E-state index in [0.717, 1.165) is 29.7 Å². The summed E-state index contributed by atoms with van der Waals surface area (Å²) < 4.78 is 17.7. The van der Waals surface area contributed by atoms with Crippen molar-refractivity contribution in [1.82, 2.24) is 4.90 Å². The van der Waals surface area contributed by atoms with Gasteiger partial charge in [0.25, 0.3) is 11.7 Å². The summed E-state index contributed by atoms with van der Waals surface area (Å²) in [5.41, 5.74) is 3.23. The van der Waals surface area contributed by atoms with Crippen LogP contribution in [0.5, 0.6) is 17.2 Å². The summed E-state index contributed by atoms with van der Waals surface area (Å²) >= 11 is 0. The Labute approximate surface area is 241 Å². The Balaban J connectivity index is 1.58. The molecule has 0 bridgehead atoms. The first kappa shape index (κ1) is 28.3. The van der Waals surface area contributed by atoms with Gasteiger partial charge in [-0.2, -0.15) is 0 Å². The second kappa shape index (κ2) is 12.5. The number of Topliss-reactive ketones (excluding diaryl/α,β-unsaturated/α-hetero) is 1. The standard InChI is InChI=1S/C34H37NO6/c1-4-6-18-40-28-15-12-24(21-29(28)39-5-2)31-30(32(36)25-13-14-27-26(20-25)19-22(3)41-27)33(37)34(38)35(31)17-16-23-10-8-7-9-11-23/h7-15,20-22,31,36H,4-6,16-19H2,1-3H3/b32-30+/t22-,31+/m1/s1. The van der Waals surface area contributed by atoms with E-state index in [0.29, 0.717) is 55.2 Å². The monoisotopic (exact) mass is 555 g/mol. The minimum atomic E-state index is -0.786. The number of unbranched alkanes of at least 4 members (excludes halogenated alkanes) is 1. The third-order valence-electron chi connectivity index (χ3n) is 7.53. The van der Waals surface area contributed by atoms with Gasteiger partial charge in [0.15, 0.2) is 11.5 Å². The summed E-state index contributed by atoms with van der Waals surface area (Å²) in [6.07, 6.45) is 3.24. The molecule has 2 heterocycles. The molecule has 3 aromatic carbocycles. The average molecular weight is 556 g/mol. The predicted molar refractivity (Wildman–Crippen MR) is 157 cm³/mol. The largest absolute Gasteiger partial charge is 0.507 e. The highest BCUT2D eigenvalue weighted by Crippen LogP contribution is 2.43. The molecule has 3 aromatic rings. The Kier molecular flexibility index (Phi) is 8.62. The average Bonchev–Trinajstić information content (AvgIpc) is 3.48. The molecule has 1 amide bonds. The molecule has 0 aliphatic carbocycles. The van der Waals surface area contributed by atoms with Gasteiger partial charge >= 0.3 is 0 Å². The van der Waals surface area contributed by atoms with Crippen LogP contribution in [-0.4, -0.2) is 47.6 Å². The number of fused-ring (bicyclic) bond motifs is 1. The molecular formula is C34H37NO6. The molecular weight excluding hydrogens is 518 g/mol. The van der Waals surface area contributed by atoms with E-state index >= 15 is 0 Å². The maximum atomic E-state index is 13.6. The highest BCUT2D eigenvalue weighted by Gasteiger charge is 2.46. The summed E-state index contributed by atoms with van der Waals surface area (Å²) in [6, 6.07) is 19.9. The highest BCUT2D eigenvalue weighted by atomic mass is 16.5. The zero-order valence-corrected chi connectivity index (χ0v) is 23.9. The number of aliphatic hydroxyl groups is 1. The van der Waals surface area contributed by atoms with Crippen molar-refractivity contribution in [1.29, 1.82) is 0 Å². The number of amides is 1. The molecule has 214 valence electrons. The zero-order valence-electron chi connectivity index (χ0n) is 23.9. The lowest BCUT2D eigenvalue weighted by Crippen LogP contribution is -2.31. The van der Waals surface area contributed by atoms with Gasteiger partial charge < -0.3 is 24.2 Å². The molecule has 1 saturated heterocycles. The van der Waals surface area contributed by atoms with Crippen LogP contribution in [0, 0.1) is 0 Å². The van der Waals surface area contributed by atoms with E-state index in [1.165, 1.54) is 0 Å². The Bertz CT molecular complexity index is 1450. The van der Waals surface area contributed by atoms with Crippen molar-refractivity contribution in [3.05, 3.63) is 94.6 Å². The topological polar surface area (TPSA) is 85.3 Å². The molecule has 2 aliphatic rings. The van der Waals surface area contributed by atoms with E-state index < -0.39 is 17.7 Å². The van der Waals surface area contributed by atoms with Crippen molar-refractivity contribution in [3.8, 4) is 17.2 Å². The summed E-state index contributed by atoms with van der Waals surface area (Å²) in [4.78, 5) is 28.6. The van der Waals surface area contributed by atoms with Crippen LogP contribution in [0.1, 0.15) is 61.9 Å². The number of carbonyl (C=O) groups is 2. The van der Waals surface area contributed by atoms with Crippen LogP contribution in [-0.2, 0) is 22.4 Å². The second-order valence-corrected chi connectivity index (χ2v) is 10.5. The van der Waals surface area contributed by atoms with Gasteiger partial charge in [-0.25, -0.2) is 0 Å². The number of ether oxygens (including phenoxy) is 3. The van der Waals surface area contributed by atoms with Crippen LogP contribution < -0.4 is 14.2 Å². The molecule has 2 aliphatic heterocycles. The van der Waals surface area contributed by atoms with E-state index in [-0.39, 0.29) is 17.4 Å². The number of nitrogens with zero attached hydrogens (tertiary/aromatic N) is 1. The molecule has 0 unspecified atom stereocenters.